The predicted octanol–water partition coefficient (Wildman–Crippen LogP) is 0.129. The van der Waals surface area contributed by atoms with Crippen molar-refractivity contribution < 1.29 is 32.3 Å². The number of hydrogen-bond donors (Lipinski definition) is 0. The molecule has 3 fully saturated rings. The smallest absolute Gasteiger partial charge is 0.329 e. The molecule has 0 aromatic carbocycles. The van der Waals surface area contributed by atoms with Crippen molar-refractivity contribution in [2.45, 2.75) is 58.0 Å². The number of fused-ring (bicyclic) bond motifs is 1. The zero-order chi connectivity index (χ0) is 21.3. The fourth-order valence-corrected chi connectivity index (χ4v) is 6.40. The quantitative estimate of drug-likeness (QED) is 0.436. The molecule has 0 bridgehead atoms. The molecule has 0 aromatic heterocycles. The van der Waals surface area contributed by atoms with E-state index in [1.165, 1.54) is 11.8 Å². The van der Waals surface area contributed by atoms with E-state index >= 15 is 0 Å². The van der Waals surface area contributed by atoms with Crippen LogP contribution in [0.2, 0.25) is 0 Å². The summed E-state index contributed by atoms with van der Waals surface area (Å²) in [6.07, 6.45) is 3.46. The van der Waals surface area contributed by atoms with Crippen LogP contribution >= 0.6 is 0 Å². The summed E-state index contributed by atoms with van der Waals surface area (Å²) in [5.74, 6) is -2.71. The molecule has 162 valence electrons. The zero-order valence-corrected chi connectivity index (χ0v) is 17.7. The number of amides is 3. The maximum atomic E-state index is 12.6. The van der Waals surface area contributed by atoms with Crippen LogP contribution in [0, 0.1) is 11.8 Å². The van der Waals surface area contributed by atoms with Gasteiger partial charge in [0.1, 0.15) is 6.04 Å². The summed E-state index contributed by atoms with van der Waals surface area (Å²) in [7, 11) is -3.15. The number of likely N-dealkylation sites (N-methyl/N-ethyl adjacent to an activating group) is 1. The van der Waals surface area contributed by atoms with Crippen molar-refractivity contribution in [1.29, 1.82) is 0 Å². The Morgan fingerprint density at radius 1 is 1.14 bits per heavy atom. The summed E-state index contributed by atoms with van der Waals surface area (Å²) < 4.78 is 28.4. The van der Waals surface area contributed by atoms with Crippen molar-refractivity contribution in [1.82, 2.24) is 9.80 Å². The van der Waals surface area contributed by atoms with Gasteiger partial charge in [-0.25, -0.2) is 13.2 Å². The van der Waals surface area contributed by atoms with Gasteiger partial charge in [-0.2, -0.15) is 0 Å². The summed E-state index contributed by atoms with van der Waals surface area (Å²) in [5.41, 5.74) is 0. The Bertz CT molecular complexity index is 785. The van der Waals surface area contributed by atoms with Gasteiger partial charge < -0.3 is 9.64 Å². The number of nitrogens with zero attached hydrogens (tertiary/aromatic N) is 2. The summed E-state index contributed by atoms with van der Waals surface area (Å²) in [6, 6.07) is -1.51. The van der Waals surface area contributed by atoms with Gasteiger partial charge >= 0.3 is 5.97 Å². The lowest BCUT2D eigenvalue weighted by atomic mass is 9.81. The van der Waals surface area contributed by atoms with Gasteiger partial charge in [0, 0.05) is 12.6 Å². The lowest BCUT2D eigenvalue weighted by Gasteiger charge is -2.27. The van der Waals surface area contributed by atoms with Gasteiger partial charge in [-0.3, -0.25) is 19.3 Å². The first-order valence-corrected chi connectivity index (χ1v) is 12.0. The molecule has 1 aliphatic carbocycles. The lowest BCUT2D eigenvalue weighted by Crippen LogP contribution is -2.46. The van der Waals surface area contributed by atoms with Crippen LogP contribution in [0.15, 0.2) is 0 Å². The molecule has 0 spiro atoms. The minimum absolute atomic E-state index is 0.0415. The summed E-state index contributed by atoms with van der Waals surface area (Å²) in [4.78, 5) is 52.5. The van der Waals surface area contributed by atoms with E-state index in [4.69, 9.17) is 4.74 Å². The molecule has 3 aliphatic rings. The lowest BCUT2D eigenvalue weighted by molar-refractivity contribution is -0.161. The Morgan fingerprint density at radius 2 is 1.72 bits per heavy atom. The third-order valence-corrected chi connectivity index (χ3v) is 8.00. The number of ether oxygens (including phenoxy) is 1. The number of carbonyl (C=O) groups excluding carboxylic acids is 4. The molecular formula is C19H28N2O7S. The maximum absolute atomic E-state index is 12.6. The number of likely N-dealkylation sites (tertiary alicyclic amines) is 1. The van der Waals surface area contributed by atoms with Crippen molar-refractivity contribution in [2.24, 2.45) is 11.8 Å². The molecule has 2 aliphatic heterocycles. The van der Waals surface area contributed by atoms with Gasteiger partial charge in [-0.1, -0.05) is 12.8 Å². The standard InChI is InChI=1S/C19H28N2O7S/c1-3-20(13-8-9-29(26,27)11-13)16(22)10-28-19(25)12(2)21-17(23)14-6-4-5-7-15(14)18(21)24/h12-15H,3-11H2,1-2H3/t12-,13?,14?,15?/m0/s1. The predicted molar refractivity (Wildman–Crippen MR) is 102 cm³/mol. The molecule has 0 aromatic rings. The van der Waals surface area contributed by atoms with E-state index in [1.807, 2.05) is 0 Å². The zero-order valence-electron chi connectivity index (χ0n) is 16.8. The molecule has 0 radical (unpaired) electrons. The monoisotopic (exact) mass is 428 g/mol. The molecule has 10 heteroatoms. The van der Waals surface area contributed by atoms with Crippen molar-refractivity contribution in [3.8, 4) is 0 Å². The Kier molecular flexibility index (Phi) is 6.30. The summed E-state index contributed by atoms with van der Waals surface area (Å²) in [6.45, 7) is 2.92. The van der Waals surface area contributed by atoms with E-state index in [1.54, 1.807) is 6.92 Å². The van der Waals surface area contributed by atoms with E-state index in [0.717, 1.165) is 17.7 Å². The van der Waals surface area contributed by atoms with Crippen LogP contribution in [0.4, 0.5) is 0 Å². The maximum Gasteiger partial charge on any atom is 0.329 e. The second kappa shape index (κ2) is 8.41. The SMILES string of the molecule is CCN(C(=O)COC(=O)[C@H](C)N1C(=O)C2CCCCC2C1=O)C1CCS(=O)(=O)C1. The number of sulfone groups is 1. The fourth-order valence-electron chi connectivity index (χ4n) is 4.67. The number of imide groups is 1. The fraction of sp³-hybridized carbons (Fsp3) is 0.789. The normalized spacial score (nSPS) is 29.4. The van der Waals surface area contributed by atoms with E-state index in [2.05, 4.69) is 0 Å². The molecule has 3 amide bonds. The van der Waals surface area contributed by atoms with E-state index < -0.39 is 40.4 Å². The van der Waals surface area contributed by atoms with E-state index in [9.17, 15) is 27.6 Å². The Balaban J connectivity index is 1.57. The number of esters is 1. The van der Waals surface area contributed by atoms with Gasteiger partial charge in [0.15, 0.2) is 16.4 Å². The minimum Gasteiger partial charge on any atom is -0.454 e. The third kappa shape index (κ3) is 4.31. The van der Waals surface area contributed by atoms with Crippen LogP contribution in [-0.2, 0) is 33.8 Å². The number of rotatable bonds is 6. The molecule has 2 heterocycles. The molecule has 9 nitrogen and oxygen atoms in total. The Morgan fingerprint density at radius 3 is 2.21 bits per heavy atom. The second-order valence-corrected chi connectivity index (χ2v) is 10.3. The molecule has 4 atom stereocenters. The molecule has 3 rings (SSSR count). The van der Waals surface area contributed by atoms with Crippen molar-refractivity contribution >= 4 is 33.5 Å². The van der Waals surface area contributed by atoms with Gasteiger partial charge in [-0.05, 0) is 33.1 Å². The van der Waals surface area contributed by atoms with Gasteiger partial charge in [-0.15, -0.1) is 0 Å². The summed E-state index contributed by atoms with van der Waals surface area (Å²) in [5, 5.41) is 0. The van der Waals surface area contributed by atoms with Crippen molar-refractivity contribution in [2.75, 3.05) is 24.7 Å². The van der Waals surface area contributed by atoms with Crippen LogP contribution in [0.25, 0.3) is 0 Å². The van der Waals surface area contributed by atoms with Crippen LogP contribution < -0.4 is 0 Å². The van der Waals surface area contributed by atoms with E-state index in [-0.39, 0.29) is 35.2 Å². The van der Waals surface area contributed by atoms with Crippen LogP contribution in [0.3, 0.4) is 0 Å². The van der Waals surface area contributed by atoms with Gasteiger partial charge in [0.2, 0.25) is 11.8 Å². The Hall–Kier alpha value is -1.97. The summed E-state index contributed by atoms with van der Waals surface area (Å²) >= 11 is 0. The topological polar surface area (TPSA) is 118 Å². The van der Waals surface area contributed by atoms with Crippen molar-refractivity contribution in [3.05, 3.63) is 0 Å². The first-order chi connectivity index (χ1) is 13.7. The highest BCUT2D eigenvalue weighted by Gasteiger charge is 2.51. The highest BCUT2D eigenvalue weighted by atomic mass is 32.2. The largest absolute Gasteiger partial charge is 0.454 e. The number of carbonyl (C=O) groups is 4. The van der Waals surface area contributed by atoms with E-state index in [0.29, 0.717) is 25.8 Å². The number of hydrogen-bond acceptors (Lipinski definition) is 7. The molecular weight excluding hydrogens is 400 g/mol. The molecule has 29 heavy (non-hydrogen) atoms. The van der Waals surface area contributed by atoms with Gasteiger partial charge in [0.25, 0.3) is 5.91 Å². The van der Waals surface area contributed by atoms with Crippen LogP contribution in [0.5, 0.6) is 0 Å². The highest BCUT2D eigenvalue weighted by Crippen LogP contribution is 2.38. The van der Waals surface area contributed by atoms with Gasteiger partial charge in [0.05, 0.1) is 23.3 Å². The third-order valence-electron chi connectivity index (χ3n) is 6.25. The Labute approximate surface area is 170 Å². The molecule has 1 saturated carbocycles. The molecule has 0 N–H and O–H groups in total. The second-order valence-electron chi connectivity index (χ2n) is 8.06. The van der Waals surface area contributed by atoms with Crippen LogP contribution in [0.1, 0.15) is 46.0 Å². The highest BCUT2D eigenvalue weighted by molar-refractivity contribution is 7.91. The average molecular weight is 429 g/mol. The molecule has 3 unspecified atom stereocenters. The minimum atomic E-state index is -3.15. The average Bonchev–Trinajstić information content (AvgIpc) is 3.17. The van der Waals surface area contributed by atoms with Crippen LogP contribution in [-0.4, -0.2) is 78.6 Å². The first-order valence-electron chi connectivity index (χ1n) is 10.2. The molecule has 2 saturated heterocycles. The van der Waals surface area contributed by atoms with Crippen molar-refractivity contribution in [3.63, 3.8) is 0 Å². The first kappa shape index (κ1) is 21.7.